The zero-order valence-corrected chi connectivity index (χ0v) is 17.8. The predicted octanol–water partition coefficient (Wildman–Crippen LogP) is 5.26. The molecular formula is C24H21N3O3S. The highest BCUT2D eigenvalue weighted by molar-refractivity contribution is 7.09. The maximum atomic E-state index is 12.6. The second kappa shape index (κ2) is 9.86. The predicted molar refractivity (Wildman–Crippen MR) is 121 cm³/mol. The number of benzene rings is 2. The van der Waals surface area contributed by atoms with Gasteiger partial charge in [-0.1, -0.05) is 12.1 Å². The lowest BCUT2D eigenvalue weighted by atomic mass is 10.2. The van der Waals surface area contributed by atoms with Crippen LogP contribution in [0.25, 0.3) is 0 Å². The summed E-state index contributed by atoms with van der Waals surface area (Å²) in [5.74, 6) is 1.14. The van der Waals surface area contributed by atoms with Crippen molar-refractivity contribution in [2.75, 3.05) is 5.32 Å². The van der Waals surface area contributed by atoms with E-state index in [1.165, 1.54) is 0 Å². The van der Waals surface area contributed by atoms with Crippen LogP contribution in [-0.2, 0) is 13.2 Å². The number of amides is 1. The van der Waals surface area contributed by atoms with Crippen molar-refractivity contribution in [1.82, 2.24) is 9.97 Å². The highest BCUT2D eigenvalue weighted by Gasteiger charge is 2.08. The number of ether oxygens (including phenoxy) is 2. The van der Waals surface area contributed by atoms with E-state index in [4.69, 9.17) is 9.47 Å². The minimum absolute atomic E-state index is 0.205. The Kier molecular flexibility index (Phi) is 6.54. The summed E-state index contributed by atoms with van der Waals surface area (Å²) in [6, 6.07) is 20.0. The van der Waals surface area contributed by atoms with Crippen molar-refractivity contribution in [3.63, 3.8) is 0 Å². The van der Waals surface area contributed by atoms with Crippen LogP contribution in [0.5, 0.6) is 11.5 Å². The van der Waals surface area contributed by atoms with Gasteiger partial charge in [-0.3, -0.25) is 9.78 Å². The average Bonchev–Trinajstić information content (AvgIpc) is 3.23. The van der Waals surface area contributed by atoms with Crippen molar-refractivity contribution in [1.29, 1.82) is 0 Å². The van der Waals surface area contributed by atoms with E-state index in [9.17, 15) is 4.79 Å². The molecule has 0 fully saturated rings. The molecule has 0 spiro atoms. The van der Waals surface area contributed by atoms with E-state index in [0.29, 0.717) is 36.0 Å². The molecule has 0 aliphatic rings. The lowest BCUT2D eigenvalue weighted by Crippen LogP contribution is -2.11. The van der Waals surface area contributed by atoms with Crippen molar-refractivity contribution >= 4 is 22.9 Å². The van der Waals surface area contributed by atoms with Gasteiger partial charge in [-0.05, 0) is 55.5 Å². The first-order chi connectivity index (χ1) is 15.2. The van der Waals surface area contributed by atoms with E-state index in [1.807, 2.05) is 48.7 Å². The summed E-state index contributed by atoms with van der Waals surface area (Å²) in [5.41, 5.74) is 2.93. The van der Waals surface area contributed by atoms with E-state index < -0.39 is 0 Å². The molecule has 4 aromatic rings. The molecule has 0 atom stereocenters. The molecule has 0 bridgehead atoms. The molecule has 7 heteroatoms. The molecule has 0 aliphatic carbocycles. The van der Waals surface area contributed by atoms with Gasteiger partial charge in [0.15, 0.2) is 0 Å². The Balaban J connectivity index is 1.32. The normalized spacial score (nSPS) is 10.5. The van der Waals surface area contributed by atoms with Gasteiger partial charge in [0, 0.05) is 28.9 Å². The van der Waals surface area contributed by atoms with E-state index in [2.05, 4.69) is 15.3 Å². The number of nitrogens with one attached hydrogen (secondary N) is 1. The number of nitrogens with zero attached hydrogens (tertiary/aromatic N) is 2. The number of aromatic nitrogens is 2. The van der Waals surface area contributed by atoms with Crippen LogP contribution in [0.4, 0.5) is 5.69 Å². The van der Waals surface area contributed by atoms with Crippen LogP contribution < -0.4 is 14.8 Å². The molecule has 2 aromatic heterocycles. The first-order valence-corrected chi connectivity index (χ1v) is 10.6. The number of anilines is 1. The molecule has 4 rings (SSSR count). The van der Waals surface area contributed by atoms with Crippen molar-refractivity contribution in [2.45, 2.75) is 20.1 Å². The third kappa shape index (κ3) is 5.90. The van der Waals surface area contributed by atoms with Crippen LogP contribution >= 0.6 is 11.3 Å². The van der Waals surface area contributed by atoms with Gasteiger partial charge < -0.3 is 14.8 Å². The molecule has 1 N–H and O–H groups in total. The van der Waals surface area contributed by atoms with Crippen LogP contribution in [0.3, 0.4) is 0 Å². The number of carbonyl (C=O) groups is 1. The van der Waals surface area contributed by atoms with Crippen LogP contribution in [0, 0.1) is 6.92 Å². The van der Waals surface area contributed by atoms with Gasteiger partial charge in [0.05, 0.1) is 16.4 Å². The smallest absolute Gasteiger partial charge is 0.255 e. The SMILES string of the molecule is Cc1nc(COc2ccc(C(=O)Nc3cccc(OCc4ccccn4)c3)cc2)cs1. The zero-order chi connectivity index (χ0) is 21.5. The Hall–Kier alpha value is -3.71. The molecule has 0 aliphatic heterocycles. The maximum Gasteiger partial charge on any atom is 0.255 e. The van der Waals surface area contributed by atoms with Crippen LogP contribution in [-0.4, -0.2) is 15.9 Å². The third-order valence-corrected chi connectivity index (χ3v) is 5.20. The number of thiazole rings is 1. The number of carbonyl (C=O) groups excluding carboxylic acids is 1. The molecule has 0 saturated carbocycles. The largest absolute Gasteiger partial charge is 0.487 e. The molecule has 2 aromatic carbocycles. The Morgan fingerprint density at radius 3 is 2.48 bits per heavy atom. The molecule has 6 nitrogen and oxygen atoms in total. The first kappa shape index (κ1) is 20.6. The quantitative estimate of drug-likeness (QED) is 0.412. The first-order valence-electron chi connectivity index (χ1n) is 9.74. The maximum absolute atomic E-state index is 12.6. The molecule has 31 heavy (non-hydrogen) atoms. The summed E-state index contributed by atoms with van der Waals surface area (Å²) in [6.07, 6.45) is 1.73. The lowest BCUT2D eigenvalue weighted by molar-refractivity contribution is 0.102. The van der Waals surface area contributed by atoms with Gasteiger partial charge >= 0.3 is 0 Å². The molecule has 0 unspecified atom stereocenters. The number of hydrogen-bond donors (Lipinski definition) is 1. The standard InChI is InChI=1S/C24H21N3O3S/c1-17-26-21(16-31-17)15-29-22-10-8-18(9-11-22)24(28)27-19-6-4-7-23(13-19)30-14-20-5-2-3-12-25-20/h2-13,16H,14-15H2,1H3,(H,27,28). The zero-order valence-electron chi connectivity index (χ0n) is 16.9. The van der Waals surface area contributed by atoms with E-state index in [-0.39, 0.29) is 5.91 Å². The van der Waals surface area contributed by atoms with E-state index >= 15 is 0 Å². The van der Waals surface area contributed by atoms with Gasteiger partial charge in [-0.25, -0.2) is 4.98 Å². The second-order valence-corrected chi connectivity index (χ2v) is 7.82. The van der Waals surface area contributed by atoms with Crippen molar-refractivity contribution < 1.29 is 14.3 Å². The highest BCUT2D eigenvalue weighted by Crippen LogP contribution is 2.20. The van der Waals surface area contributed by atoms with Gasteiger partial charge in [-0.15, -0.1) is 11.3 Å². The number of hydrogen-bond acceptors (Lipinski definition) is 6. The Morgan fingerprint density at radius 2 is 1.74 bits per heavy atom. The summed E-state index contributed by atoms with van der Waals surface area (Å²) >= 11 is 1.59. The average molecular weight is 432 g/mol. The number of pyridine rings is 1. The lowest BCUT2D eigenvalue weighted by Gasteiger charge is -2.10. The minimum atomic E-state index is -0.205. The summed E-state index contributed by atoms with van der Waals surface area (Å²) in [7, 11) is 0. The Morgan fingerprint density at radius 1 is 0.935 bits per heavy atom. The van der Waals surface area contributed by atoms with Gasteiger partial charge in [-0.2, -0.15) is 0 Å². The molecule has 2 heterocycles. The molecule has 0 saturated heterocycles. The summed E-state index contributed by atoms with van der Waals surface area (Å²) < 4.78 is 11.5. The van der Waals surface area contributed by atoms with Crippen LogP contribution in [0.15, 0.2) is 78.3 Å². The number of aryl methyl sites for hydroxylation is 1. The van der Waals surface area contributed by atoms with Gasteiger partial charge in [0.1, 0.15) is 24.7 Å². The molecule has 156 valence electrons. The van der Waals surface area contributed by atoms with Crippen molar-refractivity contribution in [3.05, 3.63) is 100 Å². The monoisotopic (exact) mass is 431 g/mol. The van der Waals surface area contributed by atoms with E-state index in [1.54, 1.807) is 47.9 Å². The topological polar surface area (TPSA) is 73.3 Å². The van der Waals surface area contributed by atoms with Gasteiger partial charge in [0.25, 0.3) is 5.91 Å². The second-order valence-electron chi connectivity index (χ2n) is 6.76. The fourth-order valence-electron chi connectivity index (χ4n) is 2.84. The van der Waals surface area contributed by atoms with Crippen LogP contribution in [0.2, 0.25) is 0 Å². The Bertz CT molecular complexity index is 1140. The summed E-state index contributed by atoms with van der Waals surface area (Å²) in [6.45, 7) is 2.73. The highest BCUT2D eigenvalue weighted by atomic mass is 32.1. The fraction of sp³-hybridized carbons (Fsp3) is 0.125. The molecule has 0 radical (unpaired) electrons. The van der Waals surface area contributed by atoms with Crippen LogP contribution in [0.1, 0.15) is 26.8 Å². The molecule has 1 amide bonds. The summed E-state index contributed by atoms with van der Waals surface area (Å²) in [4.78, 5) is 21.2. The van der Waals surface area contributed by atoms with Crippen molar-refractivity contribution in [3.8, 4) is 11.5 Å². The Labute approximate surface area is 184 Å². The van der Waals surface area contributed by atoms with Crippen molar-refractivity contribution in [2.24, 2.45) is 0 Å². The fourth-order valence-corrected chi connectivity index (χ4v) is 3.44. The third-order valence-electron chi connectivity index (χ3n) is 4.37. The van der Waals surface area contributed by atoms with E-state index in [0.717, 1.165) is 16.4 Å². The minimum Gasteiger partial charge on any atom is -0.487 e. The molecular weight excluding hydrogens is 410 g/mol. The summed E-state index contributed by atoms with van der Waals surface area (Å²) in [5, 5.41) is 5.88. The van der Waals surface area contributed by atoms with Gasteiger partial charge in [0.2, 0.25) is 0 Å². The number of rotatable bonds is 8.